The van der Waals surface area contributed by atoms with E-state index >= 15 is 0 Å². The van der Waals surface area contributed by atoms with Crippen molar-refractivity contribution in [3.63, 3.8) is 0 Å². The Morgan fingerprint density at radius 2 is 2.04 bits per heavy atom. The third-order valence-electron chi connectivity index (χ3n) is 4.05. The molecule has 0 radical (unpaired) electrons. The Morgan fingerprint density at radius 3 is 2.70 bits per heavy atom. The van der Waals surface area contributed by atoms with Gasteiger partial charge >= 0.3 is 6.09 Å². The zero-order valence-electron chi connectivity index (χ0n) is 12.4. The molecule has 0 aliphatic carbocycles. The number of hydrogen-bond acceptors (Lipinski definition) is 4. The highest BCUT2D eigenvalue weighted by Crippen LogP contribution is 2.31. The standard InChI is InChI=1S/C15H17ClN4O3/c16-11-5-3-10(4-6-11)8-20-13(9-21)17-18-14(20)12-2-1-7-19(12)15(22)23/h3-6,12,21H,1-2,7-9H2,(H,22,23). The van der Waals surface area contributed by atoms with E-state index in [1.807, 2.05) is 12.1 Å². The molecule has 0 spiro atoms. The van der Waals surface area contributed by atoms with Crippen LogP contribution in [0.4, 0.5) is 4.79 Å². The van der Waals surface area contributed by atoms with Gasteiger partial charge in [-0.25, -0.2) is 4.79 Å². The highest BCUT2D eigenvalue weighted by Gasteiger charge is 2.34. The summed E-state index contributed by atoms with van der Waals surface area (Å²) >= 11 is 5.90. The van der Waals surface area contributed by atoms with Crippen molar-refractivity contribution in [2.75, 3.05) is 6.54 Å². The van der Waals surface area contributed by atoms with E-state index in [0.29, 0.717) is 36.2 Å². The molecule has 1 fully saturated rings. The van der Waals surface area contributed by atoms with Crippen LogP contribution in [0.3, 0.4) is 0 Å². The number of likely N-dealkylation sites (tertiary alicyclic amines) is 1. The second-order valence-electron chi connectivity index (χ2n) is 5.48. The number of halogens is 1. The van der Waals surface area contributed by atoms with E-state index in [2.05, 4.69) is 10.2 Å². The van der Waals surface area contributed by atoms with E-state index in [1.54, 1.807) is 16.7 Å². The van der Waals surface area contributed by atoms with Gasteiger partial charge < -0.3 is 14.8 Å². The van der Waals surface area contributed by atoms with Crippen molar-refractivity contribution < 1.29 is 15.0 Å². The Hall–Kier alpha value is -2.12. The topological polar surface area (TPSA) is 91.5 Å². The van der Waals surface area contributed by atoms with Crippen LogP contribution in [0.15, 0.2) is 24.3 Å². The van der Waals surface area contributed by atoms with Crippen molar-refractivity contribution >= 4 is 17.7 Å². The van der Waals surface area contributed by atoms with Gasteiger partial charge in [0.05, 0.1) is 12.6 Å². The van der Waals surface area contributed by atoms with E-state index in [4.69, 9.17) is 11.6 Å². The molecule has 3 rings (SSSR count). The summed E-state index contributed by atoms with van der Waals surface area (Å²) < 4.78 is 1.79. The first-order valence-electron chi connectivity index (χ1n) is 7.37. The lowest BCUT2D eigenvalue weighted by Crippen LogP contribution is -2.30. The number of aliphatic hydroxyl groups is 1. The van der Waals surface area contributed by atoms with Crippen molar-refractivity contribution in [1.29, 1.82) is 0 Å². The molecular formula is C15H17ClN4O3. The Labute approximate surface area is 138 Å². The fourth-order valence-electron chi connectivity index (χ4n) is 2.92. The van der Waals surface area contributed by atoms with Gasteiger partial charge in [-0.3, -0.25) is 4.90 Å². The normalized spacial score (nSPS) is 17.7. The van der Waals surface area contributed by atoms with Gasteiger partial charge in [0, 0.05) is 11.6 Å². The Bertz CT molecular complexity index is 701. The van der Waals surface area contributed by atoms with Gasteiger partial charge in [0.25, 0.3) is 0 Å². The molecule has 122 valence electrons. The first-order valence-corrected chi connectivity index (χ1v) is 7.74. The van der Waals surface area contributed by atoms with Gasteiger partial charge in [0.2, 0.25) is 0 Å². The number of carboxylic acid groups (broad SMARTS) is 1. The molecule has 1 aliphatic rings. The van der Waals surface area contributed by atoms with Crippen LogP contribution >= 0.6 is 11.6 Å². The number of aromatic nitrogens is 3. The van der Waals surface area contributed by atoms with Crippen LogP contribution in [0, 0.1) is 0 Å². The molecule has 1 aromatic heterocycles. The molecule has 1 amide bonds. The maximum Gasteiger partial charge on any atom is 0.407 e. The molecule has 0 bridgehead atoms. The molecule has 2 heterocycles. The summed E-state index contributed by atoms with van der Waals surface area (Å²) in [6.45, 7) is 0.696. The van der Waals surface area contributed by atoms with Gasteiger partial charge in [0.15, 0.2) is 11.6 Å². The minimum absolute atomic E-state index is 0.250. The zero-order valence-corrected chi connectivity index (χ0v) is 13.1. The van der Waals surface area contributed by atoms with Crippen LogP contribution in [-0.4, -0.2) is 42.5 Å². The molecule has 2 aromatic rings. The lowest BCUT2D eigenvalue weighted by molar-refractivity contribution is 0.137. The molecule has 1 aromatic carbocycles. The van der Waals surface area contributed by atoms with E-state index in [1.165, 1.54) is 4.90 Å². The summed E-state index contributed by atoms with van der Waals surface area (Å²) in [5.41, 5.74) is 0.977. The van der Waals surface area contributed by atoms with Gasteiger partial charge in [0.1, 0.15) is 6.61 Å². The maximum atomic E-state index is 11.4. The number of carbonyl (C=O) groups is 1. The fraction of sp³-hybridized carbons (Fsp3) is 0.400. The van der Waals surface area contributed by atoms with E-state index in [-0.39, 0.29) is 12.6 Å². The molecule has 0 saturated carbocycles. The molecule has 7 nitrogen and oxygen atoms in total. The number of benzene rings is 1. The third-order valence-corrected chi connectivity index (χ3v) is 4.30. The highest BCUT2D eigenvalue weighted by molar-refractivity contribution is 6.30. The molecular weight excluding hydrogens is 320 g/mol. The minimum Gasteiger partial charge on any atom is -0.465 e. The van der Waals surface area contributed by atoms with Gasteiger partial charge in [-0.05, 0) is 30.5 Å². The molecule has 23 heavy (non-hydrogen) atoms. The average Bonchev–Trinajstić information content (AvgIpc) is 3.15. The van der Waals surface area contributed by atoms with Crippen molar-refractivity contribution in [2.45, 2.75) is 32.0 Å². The lowest BCUT2D eigenvalue weighted by atomic mass is 10.2. The van der Waals surface area contributed by atoms with Gasteiger partial charge in [-0.1, -0.05) is 23.7 Å². The fourth-order valence-corrected chi connectivity index (χ4v) is 3.05. The highest BCUT2D eigenvalue weighted by atomic mass is 35.5. The van der Waals surface area contributed by atoms with Crippen molar-refractivity contribution in [3.05, 3.63) is 46.5 Å². The molecule has 1 saturated heterocycles. The predicted molar refractivity (Wildman–Crippen MR) is 83.2 cm³/mol. The second kappa shape index (κ2) is 6.55. The Morgan fingerprint density at radius 1 is 1.30 bits per heavy atom. The van der Waals surface area contributed by atoms with Gasteiger partial charge in [-0.15, -0.1) is 10.2 Å². The maximum absolute atomic E-state index is 11.4. The summed E-state index contributed by atoms with van der Waals surface area (Å²) in [6, 6.07) is 7.03. The van der Waals surface area contributed by atoms with E-state index < -0.39 is 6.09 Å². The Kier molecular flexibility index (Phi) is 4.49. The monoisotopic (exact) mass is 336 g/mol. The van der Waals surface area contributed by atoms with Crippen LogP contribution in [0.1, 0.15) is 36.1 Å². The van der Waals surface area contributed by atoms with E-state index in [9.17, 15) is 15.0 Å². The molecule has 2 N–H and O–H groups in total. The molecule has 1 atom stereocenters. The number of hydrogen-bond donors (Lipinski definition) is 2. The van der Waals surface area contributed by atoms with Crippen molar-refractivity contribution in [3.8, 4) is 0 Å². The number of nitrogens with zero attached hydrogens (tertiary/aromatic N) is 4. The van der Waals surface area contributed by atoms with Crippen LogP contribution in [0.2, 0.25) is 5.02 Å². The smallest absolute Gasteiger partial charge is 0.407 e. The SMILES string of the molecule is O=C(O)N1CCCC1c1nnc(CO)n1Cc1ccc(Cl)cc1. The molecule has 1 unspecified atom stereocenters. The van der Waals surface area contributed by atoms with Crippen molar-refractivity contribution in [1.82, 2.24) is 19.7 Å². The molecule has 1 aliphatic heterocycles. The van der Waals surface area contributed by atoms with Gasteiger partial charge in [-0.2, -0.15) is 0 Å². The quantitative estimate of drug-likeness (QED) is 0.893. The van der Waals surface area contributed by atoms with E-state index in [0.717, 1.165) is 12.0 Å². The molecule has 8 heteroatoms. The second-order valence-corrected chi connectivity index (χ2v) is 5.92. The lowest BCUT2D eigenvalue weighted by Gasteiger charge is -2.21. The number of aliphatic hydroxyl groups excluding tert-OH is 1. The summed E-state index contributed by atoms with van der Waals surface area (Å²) in [6.07, 6.45) is 0.537. The minimum atomic E-state index is -0.959. The van der Waals surface area contributed by atoms with Crippen LogP contribution < -0.4 is 0 Å². The predicted octanol–water partition coefficient (Wildman–Crippen LogP) is 2.29. The Balaban J connectivity index is 1.94. The average molecular weight is 337 g/mol. The van der Waals surface area contributed by atoms with Crippen LogP contribution in [-0.2, 0) is 13.2 Å². The third kappa shape index (κ3) is 3.16. The first-order chi connectivity index (χ1) is 11.1. The number of amides is 1. The summed E-state index contributed by atoms with van der Waals surface area (Å²) in [7, 11) is 0. The van der Waals surface area contributed by atoms with Crippen LogP contribution in [0.25, 0.3) is 0 Å². The first kappa shape index (κ1) is 15.8. The zero-order chi connectivity index (χ0) is 16.4. The largest absolute Gasteiger partial charge is 0.465 e. The summed E-state index contributed by atoms with van der Waals surface area (Å²) in [4.78, 5) is 12.8. The summed E-state index contributed by atoms with van der Waals surface area (Å²) in [5.74, 6) is 0.996. The summed E-state index contributed by atoms with van der Waals surface area (Å²) in [5, 5.41) is 27.6. The number of rotatable bonds is 4. The van der Waals surface area contributed by atoms with Crippen molar-refractivity contribution in [2.24, 2.45) is 0 Å². The van der Waals surface area contributed by atoms with Crippen LogP contribution in [0.5, 0.6) is 0 Å².